The van der Waals surface area contributed by atoms with E-state index in [0.717, 1.165) is 28.6 Å². The molecule has 2 aromatic rings. The van der Waals surface area contributed by atoms with Crippen molar-refractivity contribution in [3.63, 3.8) is 0 Å². The van der Waals surface area contributed by atoms with E-state index in [1.807, 2.05) is 24.3 Å². The van der Waals surface area contributed by atoms with Gasteiger partial charge < -0.3 is 5.32 Å². The first-order valence-corrected chi connectivity index (χ1v) is 7.72. The minimum atomic E-state index is -0.273. The molecule has 1 unspecified atom stereocenters. The summed E-state index contributed by atoms with van der Waals surface area (Å²) in [6.45, 7) is 2.94. The highest BCUT2D eigenvalue weighted by Crippen LogP contribution is 2.29. The molecule has 0 aliphatic heterocycles. The van der Waals surface area contributed by atoms with Gasteiger partial charge in [0.05, 0.1) is 6.04 Å². The van der Waals surface area contributed by atoms with Crippen LogP contribution in [0.1, 0.15) is 30.5 Å². The molecule has 0 amide bonds. The highest BCUT2D eigenvalue weighted by atomic mass is 79.9. The summed E-state index contributed by atoms with van der Waals surface area (Å²) in [5, 5.41) is 4.00. The van der Waals surface area contributed by atoms with Gasteiger partial charge in [-0.1, -0.05) is 46.6 Å². The van der Waals surface area contributed by atoms with E-state index < -0.39 is 0 Å². The fraction of sp³-hybridized carbons (Fsp3) is 0.250. The van der Waals surface area contributed by atoms with Crippen LogP contribution >= 0.6 is 27.5 Å². The third kappa shape index (κ3) is 3.81. The quantitative estimate of drug-likeness (QED) is 0.763. The Morgan fingerprint density at radius 3 is 2.55 bits per heavy atom. The van der Waals surface area contributed by atoms with Crippen molar-refractivity contribution in [1.29, 1.82) is 0 Å². The Kier molecular flexibility index (Phi) is 5.58. The van der Waals surface area contributed by atoms with Crippen molar-refractivity contribution >= 4 is 27.5 Å². The highest BCUT2D eigenvalue weighted by molar-refractivity contribution is 9.10. The Morgan fingerprint density at radius 2 is 1.90 bits per heavy atom. The maximum atomic E-state index is 13.5. The smallest absolute Gasteiger partial charge is 0.123 e. The molecule has 2 aromatic carbocycles. The zero-order chi connectivity index (χ0) is 14.5. The van der Waals surface area contributed by atoms with Crippen LogP contribution in [-0.2, 0) is 0 Å². The minimum absolute atomic E-state index is 0.105. The number of hydrogen-bond donors (Lipinski definition) is 1. The first kappa shape index (κ1) is 15.5. The van der Waals surface area contributed by atoms with E-state index in [4.69, 9.17) is 11.6 Å². The molecule has 0 heterocycles. The van der Waals surface area contributed by atoms with Crippen molar-refractivity contribution in [2.75, 3.05) is 6.54 Å². The summed E-state index contributed by atoms with van der Waals surface area (Å²) in [6.07, 6.45) is 1.000. The second-order valence-corrected chi connectivity index (χ2v) is 5.93. The fourth-order valence-corrected chi connectivity index (χ4v) is 2.58. The lowest BCUT2D eigenvalue weighted by atomic mass is 9.98. The van der Waals surface area contributed by atoms with Crippen molar-refractivity contribution in [3.05, 3.63) is 68.9 Å². The zero-order valence-corrected chi connectivity index (χ0v) is 13.5. The van der Waals surface area contributed by atoms with Crippen LogP contribution in [0, 0.1) is 5.82 Å². The van der Waals surface area contributed by atoms with Gasteiger partial charge in [0.2, 0.25) is 0 Å². The monoisotopic (exact) mass is 355 g/mol. The van der Waals surface area contributed by atoms with Gasteiger partial charge in [0.15, 0.2) is 0 Å². The molecule has 0 fully saturated rings. The molecule has 0 aliphatic carbocycles. The predicted octanol–water partition coefficient (Wildman–Crippen LogP) is 5.33. The van der Waals surface area contributed by atoms with Crippen LogP contribution in [0.2, 0.25) is 5.02 Å². The maximum Gasteiger partial charge on any atom is 0.123 e. The van der Waals surface area contributed by atoms with Crippen molar-refractivity contribution in [2.24, 2.45) is 0 Å². The first-order chi connectivity index (χ1) is 9.61. The number of halogens is 3. The van der Waals surface area contributed by atoms with Gasteiger partial charge in [0, 0.05) is 9.50 Å². The summed E-state index contributed by atoms with van der Waals surface area (Å²) < 4.78 is 14.5. The van der Waals surface area contributed by atoms with E-state index >= 15 is 0 Å². The van der Waals surface area contributed by atoms with Gasteiger partial charge in [-0.3, -0.25) is 0 Å². The van der Waals surface area contributed by atoms with E-state index in [9.17, 15) is 4.39 Å². The molecule has 20 heavy (non-hydrogen) atoms. The van der Waals surface area contributed by atoms with Gasteiger partial charge in [0.25, 0.3) is 0 Å². The SMILES string of the molecule is CCCNC(c1ccc(Br)cc1)c1cc(F)ccc1Cl. The largest absolute Gasteiger partial charge is 0.306 e. The molecule has 106 valence electrons. The zero-order valence-electron chi connectivity index (χ0n) is 11.2. The van der Waals surface area contributed by atoms with Gasteiger partial charge >= 0.3 is 0 Å². The predicted molar refractivity (Wildman–Crippen MR) is 85.7 cm³/mol. The third-order valence-corrected chi connectivity index (χ3v) is 3.94. The molecule has 0 saturated heterocycles. The second-order valence-electron chi connectivity index (χ2n) is 4.60. The molecule has 1 nitrogen and oxygen atoms in total. The van der Waals surface area contributed by atoms with Crippen LogP contribution in [-0.4, -0.2) is 6.54 Å². The molecule has 0 aromatic heterocycles. The second kappa shape index (κ2) is 7.21. The van der Waals surface area contributed by atoms with E-state index in [1.54, 1.807) is 6.07 Å². The topological polar surface area (TPSA) is 12.0 Å². The molecule has 4 heteroatoms. The molecular formula is C16H16BrClFN. The standard InChI is InChI=1S/C16H16BrClFN/c1-2-9-20-16(11-3-5-12(17)6-4-11)14-10-13(19)7-8-15(14)18/h3-8,10,16,20H,2,9H2,1H3. The van der Waals surface area contributed by atoms with Crippen molar-refractivity contribution in [1.82, 2.24) is 5.32 Å². The normalized spacial score (nSPS) is 12.4. The summed E-state index contributed by atoms with van der Waals surface area (Å²) in [7, 11) is 0. The van der Waals surface area contributed by atoms with Crippen molar-refractivity contribution in [2.45, 2.75) is 19.4 Å². The third-order valence-electron chi connectivity index (χ3n) is 3.07. The fourth-order valence-electron chi connectivity index (χ4n) is 2.09. The molecule has 0 saturated carbocycles. The Hall–Kier alpha value is -0.900. The van der Waals surface area contributed by atoms with Crippen LogP contribution in [0.5, 0.6) is 0 Å². The summed E-state index contributed by atoms with van der Waals surface area (Å²) in [4.78, 5) is 0. The van der Waals surface area contributed by atoms with Gasteiger partial charge in [-0.05, 0) is 54.4 Å². The molecule has 0 radical (unpaired) electrons. The summed E-state index contributed by atoms with van der Waals surface area (Å²) >= 11 is 9.66. The van der Waals surface area contributed by atoms with Gasteiger partial charge in [-0.25, -0.2) is 4.39 Å². The minimum Gasteiger partial charge on any atom is -0.306 e. The van der Waals surface area contributed by atoms with Gasteiger partial charge in [0.1, 0.15) is 5.82 Å². The number of rotatable bonds is 5. The van der Waals surface area contributed by atoms with Crippen LogP contribution < -0.4 is 5.32 Å². The van der Waals surface area contributed by atoms with E-state index in [-0.39, 0.29) is 11.9 Å². The Bertz CT molecular complexity index is 571. The van der Waals surface area contributed by atoms with E-state index in [1.165, 1.54) is 12.1 Å². The lowest BCUT2D eigenvalue weighted by Crippen LogP contribution is -2.23. The Balaban J connectivity index is 2.41. The van der Waals surface area contributed by atoms with Crippen molar-refractivity contribution in [3.8, 4) is 0 Å². The number of nitrogens with one attached hydrogen (secondary N) is 1. The molecular weight excluding hydrogens is 341 g/mol. The average molecular weight is 357 g/mol. The van der Waals surface area contributed by atoms with Crippen LogP contribution in [0.3, 0.4) is 0 Å². The number of benzene rings is 2. The molecule has 1 N–H and O–H groups in total. The van der Waals surface area contributed by atoms with E-state index in [0.29, 0.717) is 5.02 Å². The van der Waals surface area contributed by atoms with Crippen LogP contribution in [0.25, 0.3) is 0 Å². The Morgan fingerprint density at radius 1 is 1.20 bits per heavy atom. The summed E-state index contributed by atoms with van der Waals surface area (Å²) in [5.74, 6) is -0.273. The number of hydrogen-bond acceptors (Lipinski definition) is 1. The molecule has 2 rings (SSSR count). The van der Waals surface area contributed by atoms with Crippen LogP contribution in [0.15, 0.2) is 46.9 Å². The summed E-state index contributed by atoms with van der Waals surface area (Å²) in [5.41, 5.74) is 1.83. The summed E-state index contributed by atoms with van der Waals surface area (Å²) in [6, 6.07) is 12.4. The first-order valence-electron chi connectivity index (χ1n) is 6.55. The lowest BCUT2D eigenvalue weighted by Gasteiger charge is -2.21. The lowest BCUT2D eigenvalue weighted by molar-refractivity contribution is 0.585. The van der Waals surface area contributed by atoms with E-state index in [2.05, 4.69) is 28.2 Å². The van der Waals surface area contributed by atoms with Gasteiger partial charge in [-0.15, -0.1) is 0 Å². The van der Waals surface area contributed by atoms with Crippen LogP contribution in [0.4, 0.5) is 4.39 Å². The molecule has 0 spiro atoms. The Labute approximate surface area is 132 Å². The molecule has 0 bridgehead atoms. The maximum absolute atomic E-state index is 13.5. The van der Waals surface area contributed by atoms with Gasteiger partial charge in [-0.2, -0.15) is 0 Å². The van der Waals surface area contributed by atoms with Crippen molar-refractivity contribution < 1.29 is 4.39 Å². The average Bonchev–Trinajstić information content (AvgIpc) is 2.44. The molecule has 0 aliphatic rings. The molecule has 1 atom stereocenters. The highest BCUT2D eigenvalue weighted by Gasteiger charge is 2.17.